The monoisotopic (exact) mass is 352 g/mol. The van der Waals surface area contributed by atoms with Crippen LogP contribution in [0, 0.1) is 0 Å². The average molecular weight is 353 g/mol. The molecule has 0 amide bonds. The topological polar surface area (TPSA) is 112 Å². The van der Waals surface area contributed by atoms with Crippen LogP contribution in [0.1, 0.15) is 86.8 Å². The van der Waals surface area contributed by atoms with Crippen molar-refractivity contribution in [2.24, 2.45) is 0 Å². The van der Waals surface area contributed by atoms with Crippen LogP contribution in [0.5, 0.6) is 0 Å². The van der Waals surface area contributed by atoms with E-state index in [2.05, 4.69) is 6.92 Å². The molecule has 0 aromatic heterocycles. The van der Waals surface area contributed by atoms with Crippen molar-refractivity contribution in [1.29, 1.82) is 0 Å². The Kier molecular flexibility index (Phi) is 23.5. The van der Waals surface area contributed by atoms with Crippen molar-refractivity contribution in [3.63, 3.8) is 0 Å². The number of rotatable bonds is 12. The molecule has 0 aliphatic rings. The number of carboxylic acid groups (broad SMARTS) is 1. The first-order valence-corrected chi connectivity index (χ1v) is 9.08. The molecular formula is C14H32MgO6S. The van der Waals surface area contributed by atoms with Gasteiger partial charge in [-0.25, -0.2) is 0 Å². The summed E-state index contributed by atoms with van der Waals surface area (Å²) in [4.78, 5) is 10.3. The predicted molar refractivity (Wildman–Crippen MR) is 90.9 cm³/mol. The Labute approximate surface area is 153 Å². The minimum Gasteiger partial charge on any atom is -1.00 e. The fourth-order valence-electron chi connectivity index (χ4n) is 1.94. The van der Waals surface area contributed by atoms with E-state index in [9.17, 15) is 4.79 Å². The molecule has 0 atom stereocenters. The number of unbranched alkanes of at least 4 members (excludes halogenated alkanes) is 10. The SMILES string of the molecule is CCCCCCCCCCCCCC(=O)O.O=S(=O)(O)O.[H-].[H-].[Mg+2]. The summed E-state index contributed by atoms with van der Waals surface area (Å²) in [5, 5.41) is 8.46. The van der Waals surface area contributed by atoms with Crippen LogP contribution in [-0.2, 0) is 15.2 Å². The molecule has 6 nitrogen and oxygen atoms in total. The van der Waals surface area contributed by atoms with Gasteiger partial charge in [-0.05, 0) is 6.42 Å². The number of hydrogen-bond donors (Lipinski definition) is 3. The summed E-state index contributed by atoms with van der Waals surface area (Å²) >= 11 is 0. The second kappa shape index (κ2) is 19.2. The van der Waals surface area contributed by atoms with Crippen molar-refractivity contribution in [3.8, 4) is 0 Å². The third-order valence-electron chi connectivity index (χ3n) is 2.99. The van der Waals surface area contributed by atoms with E-state index >= 15 is 0 Å². The molecular weight excluding hydrogens is 321 g/mol. The van der Waals surface area contributed by atoms with Gasteiger partial charge in [-0.15, -0.1) is 0 Å². The number of carbonyl (C=O) groups is 1. The van der Waals surface area contributed by atoms with Gasteiger partial charge in [0.05, 0.1) is 0 Å². The van der Waals surface area contributed by atoms with Crippen molar-refractivity contribution in [2.45, 2.75) is 84.0 Å². The summed E-state index contributed by atoms with van der Waals surface area (Å²) in [5.41, 5.74) is 0. The zero-order valence-electron chi connectivity index (χ0n) is 15.7. The van der Waals surface area contributed by atoms with Crippen LogP contribution in [0.3, 0.4) is 0 Å². The van der Waals surface area contributed by atoms with E-state index in [0.717, 1.165) is 12.8 Å². The minimum atomic E-state index is -4.67. The molecule has 0 aromatic rings. The van der Waals surface area contributed by atoms with Crippen LogP contribution in [0.4, 0.5) is 0 Å². The molecule has 3 N–H and O–H groups in total. The summed E-state index contributed by atoms with van der Waals surface area (Å²) in [6.07, 6.45) is 14.4. The normalized spacial score (nSPS) is 10.3. The van der Waals surface area contributed by atoms with E-state index in [1.54, 1.807) is 0 Å². The van der Waals surface area contributed by atoms with Gasteiger partial charge in [-0.1, -0.05) is 71.1 Å². The van der Waals surface area contributed by atoms with E-state index in [1.807, 2.05) is 0 Å². The molecule has 8 heteroatoms. The quantitative estimate of drug-likeness (QED) is 0.278. The zero-order chi connectivity index (χ0) is 16.6. The van der Waals surface area contributed by atoms with Gasteiger partial charge >= 0.3 is 39.4 Å². The molecule has 132 valence electrons. The van der Waals surface area contributed by atoms with Gasteiger partial charge < -0.3 is 7.96 Å². The number of aliphatic carboxylic acids is 1. The molecule has 0 fully saturated rings. The number of hydrogen-bond acceptors (Lipinski definition) is 3. The van der Waals surface area contributed by atoms with Crippen molar-refractivity contribution < 1.29 is 30.3 Å². The van der Waals surface area contributed by atoms with Gasteiger partial charge in [0.15, 0.2) is 0 Å². The molecule has 0 rings (SSSR count). The van der Waals surface area contributed by atoms with Crippen molar-refractivity contribution >= 4 is 39.4 Å². The molecule has 0 aliphatic carbocycles. The Morgan fingerprint density at radius 2 is 1.09 bits per heavy atom. The Hall–Kier alpha value is 0.106. The van der Waals surface area contributed by atoms with Crippen LogP contribution in [-0.4, -0.2) is 51.7 Å². The van der Waals surface area contributed by atoms with Crippen LogP contribution in [0.15, 0.2) is 0 Å². The maximum absolute atomic E-state index is 10.3. The first kappa shape index (κ1) is 27.0. The van der Waals surface area contributed by atoms with Crippen LogP contribution in [0.2, 0.25) is 0 Å². The van der Waals surface area contributed by atoms with Gasteiger partial charge in [0.2, 0.25) is 0 Å². The van der Waals surface area contributed by atoms with Crippen LogP contribution < -0.4 is 0 Å². The Morgan fingerprint density at radius 3 is 1.36 bits per heavy atom. The largest absolute Gasteiger partial charge is 2.00 e. The van der Waals surface area contributed by atoms with Crippen LogP contribution in [0.25, 0.3) is 0 Å². The minimum absolute atomic E-state index is 0. The molecule has 0 heterocycles. The van der Waals surface area contributed by atoms with Crippen molar-refractivity contribution in [1.82, 2.24) is 0 Å². The summed E-state index contributed by atoms with van der Waals surface area (Å²) in [6, 6.07) is 0. The average Bonchev–Trinajstić information content (AvgIpc) is 2.33. The maximum Gasteiger partial charge on any atom is 2.00 e. The molecule has 0 bridgehead atoms. The first-order chi connectivity index (χ1) is 9.77. The standard InChI is InChI=1S/C14H28O2.Mg.H2O4S.2H/c1-2-3-4-5-6-7-8-9-10-11-12-13-14(15)16;;1-5(2,3)4;;/h2-13H2,1H3,(H,15,16);;(H2,1,2,3,4);;/q;+2;;2*-1. The second-order valence-electron chi connectivity index (χ2n) is 5.13. The third-order valence-corrected chi connectivity index (χ3v) is 2.99. The Morgan fingerprint density at radius 1 is 0.818 bits per heavy atom. The molecule has 0 aliphatic heterocycles. The molecule has 0 spiro atoms. The molecule has 0 radical (unpaired) electrons. The molecule has 0 saturated carbocycles. The van der Waals surface area contributed by atoms with E-state index in [0.29, 0.717) is 6.42 Å². The fourth-order valence-corrected chi connectivity index (χ4v) is 1.94. The number of carboxylic acids is 1. The maximum atomic E-state index is 10.3. The summed E-state index contributed by atoms with van der Waals surface area (Å²) in [7, 11) is -4.67. The van der Waals surface area contributed by atoms with E-state index in [1.165, 1.54) is 57.8 Å². The predicted octanol–water partition coefficient (Wildman–Crippen LogP) is 3.96. The van der Waals surface area contributed by atoms with E-state index in [4.69, 9.17) is 22.6 Å². The first-order valence-electron chi connectivity index (χ1n) is 7.69. The zero-order valence-corrected chi connectivity index (χ0v) is 15.9. The van der Waals surface area contributed by atoms with Gasteiger partial charge in [0, 0.05) is 6.42 Å². The van der Waals surface area contributed by atoms with Gasteiger partial charge in [0.25, 0.3) is 0 Å². The molecule has 0 saturated heterocycles. The van der Waals surface area contributed by atoms with Crippen molar-refractivity contribution in [3.05, 3.63) is 0 Å². The smallest absolute Gasteiger partial charge is 1.00 e. The van der Waals surface area contributed by atoms with Gasteiger partial charge in [0.1, 0.15) is 0 Å². The van der Waals surface area contributed by atoms with Gasteiger partial charge in [-0.3, -0.25) is 13.9 Å². The Balaban J connectivity index is -0.000000132. The van der Waals surface area contributed by atoms with E-state index < -0.39 is 16.4 Å². The molecule has 0 aromatic carbocycles. The third kappa shape index (κ3) is 42.7. The summed E-state index contributed by atoms with van der Waals surface area (Å²) in [6.45, 7) is 2.25. The summed E-state index contributed by atoms with van der Waals surface area (Å²) in [5.74, 6) is -0.657. The fraction of sp³-hybridized carbons (Fsp3) is 0.929. The van der Waals surface area contributed by atoms with Gasteiger partial charge in [-0.2, -0.15) is 8.42 Å². The van der Waals surface area contributed by atoms with E-state index in [-0.39, 0.29) is 25.9 Å². The van der Waals surface area contributed by atoms with Crippen LogP contribution >= 0.6 is 0 Å². The Bertz CT molecular complexity index is 334. The summed E-state index contributed by atoms with van der Waals surface area (Å²) < 4.78 is 31.6. The molecule has 0 unspecified atom stereocenters. The molecule has 22 heavy (non-hydrogen) atoms. The van der Waals surface area contributed by atoms with Crippen molar-refractivity contribution in [2.75, 3.05) is 0 Å². The second-order valence-corrected chi connectivity index (χ2v) is 6.02.